The van der Waals surface area contributed by atoms with Crippen molar-refractivity contribution in [1.82, 2.24) is 0 Å². The van der Waals surface area contributed by atoms with Crippen molar-refractivity contribution in [1.29, 1.82) is 0 Å². The van der Waals surface area contributed by atoms with Gasteiger partial charge in [-0.15, -0.1) is 11.8 Å². The molecule has 8 heteroatoms. The number of thioether (sulfide) groups is 2. The molecule has 38 heavy (non-hydrogen) atoms. The Morgan fingerprint density at radius 2 is 1.32 bits per heavy atom. The molecule has 0 unspecified atom stereocenters. The van der Waals surface area contributed by atoms with Gasteiger partial charge in [0.25, 0.3) is 0 Å². The second kappa shape index (κ2) is 12.6. The second-order valence-corrected chi connectivity index (χ2v) is 26.4. The van der Waals surface area contributed by atoms with E-state index in [4.69, 9.17) is 18.3 Å². The second-order valence-electron chi connectivity index (χ2n) is 14.2. The molecule has 0 bridgehead atoms. The van der Waals surface area contributed by atoms with Gasteiger partial charge in [-0.05, 0) is 81.5 Å². The van der Waals surface area contributed by atoms with Gasteiger partial charge in [0.05, 0.1) is 24.4 Å². The summed E-state index contributed by atoms with van der Waals surface area (Å²) in [5, 5.41) is 0.682. The average molecular weight is 599 g/mol. The van der Waals surface area contributed by atoms with Crippen molar-refractivity contribution in [2.45, 2.75) is 156 Å². The predicted molar refractivity (Wildman–Crippen MR) is 170 cm³/mol. The van der Waals surface area contributed by atoms with Gasteiger partial charge in [0.1, 0.15) is 10.9 Å². The van der Waals surface area contributed by atoms with Gasteiger partial charge < -0.3 is 18.3 Å². The van der Waals surface area contributed by atoms with Gasteiger partial charge in [-0.3, -0.25) is 0 Å². The number of hydrogen-bond donors (Lipinski definition) is 0. The zero-order valence-electron chi connectivity index (χ0n) is 26.0. The molecular formula is C30H54O4S2Si2. The quantitative estimate of drug-likeness (QED) is 0.278. The Bertz CT molecular complexity index is 884. The maximum atomic E-state index is 7.07. The average Bonchev–Trinajstić information content (AvgIpc) is 2.77. The summed E-state index contributed by atoms with van der Waals surface area (Å²) in [4.78, 5) is 1.25. The summed E-state index contributed by atoms with van der Waals surface area (Å²) >= 11 is 3.82. The zero-order valence-corrected chi connectivity index (χ0v) is 29.6. The Morgan fingerprint density at radius 3 is 1.87 bits per heavy atom. The Balaban J connectivity index is 1.72. The standard InChI is InChI=1S/C30H54O4S2Si2/c1-21-24(33-37(9,10)29(3,4)5)18-19-26(31-21)36-25-20-27(35-23-16-14-13-15-17-23)32-22(2)28(25)34-38(11,12)30(6,7)8/h13-17,21-22,24-28H,18-20H2,1-12H3/t21-,22+,24-,25+,26-,27-,28+/m0/s1. The Morgan fingerprint density at radius 1 is 0.763 bits per heavy atom. The number of benzene rings is 1. The fraction of sp³-hybridized carbons (Fsp3) is 0.800. The highest BCUT2D eigenvalue weighted by atomic mass is 32.2. The highest BCUT2D eigenvalue weighted by Gasteiger charge is 2.47. The summed E-state index contributed by atoms with van der Waals surface area (Å²) in [7, 11) is -3.79. The van der Waals surface area contributed by atoms with E-state index in [0.717, 1.165) is 19.3 Å². The van der Waals surface area contributed by atoms with E-state index >= 15 is 0 Å². The fourth-order valence-electron chi connectivity index (χ4n) is 4.48. The van der Waals surface area contributed by atoms with Crippen molar-refractivity contribution in [2.75, 3.05) is 0 Å². The van der Waals surface area contributed by atoms with E-state index in [9.17, 15) is 0 Å². The van der Waals surface area contributed by atoms with E-state index in [-0.39, 0.29) is 45.4 Å². The minimum Gasteiger partial charge on any atom is -0.411 e. The van der Waals surface area contributed by atoms with Crippen molar-refractivity contribution < 1.29 is 18.3 Å². The molecule has 2 aliphatic heterocycles. The van der Waals surface area contributed by atoms with Gasteiger partial charge in [0, 0.05) is 10.1 Å². The summed E-state index contributed by atoms with van der Waals surface area (Å²) in [6.07, 6.45) is 3.40. The maximum Gasteiger partial charge on any atom is 0.192 e. The minimum atomic E-state index is -1.96. The maximum absolute atomic E-state index is 7.07. The molecule has 0 radical (unpaired) electrons. The van der Waals surface area contributed by atoms with Crippen molar-refractivity contribution in [3.63, 3.8) is 0 Å². The molecule has 0 saturated carbocycles. The largest absolute Gasteiger partial charge is 0.411 e. The molecule has 2 heterocycles. The lowest BCUT2D eigenvalue weighted by Gasteiger charge is -2.48. The zero-order chi connectivity index (χ0) is 28.5. The molecule has 2 aliphatic rings. The van der Waals surface area contributed by atoms with Crippen LogP contribution in [-0.4, -0.2) is 57.2 Å². The summed E-state index contributed by atoms with van der Waals surface area (Å²) in [5.74, 6) is 0. The molecule has 1 aromatic carbocycles. The van der Waals surface area contributed by atoms with Crippen LogP contribution in [0.3, 0.4) is 0 Å². The van der Waals surface area contributed by atoms with Crippen LogP contribution in [-0.2, 0) is 18.3 Å². The van der Waals surface area contributed by atoms with Gasteiger partial charge in [-0.2, -0.15) is 0 Å². The van der Waals surface area contributed by atoms with Crippen LogP contribution in [0.25, 0.3) is 0 Å². The first kappa shape index (κ1) is 32.7. The first-order valence-corrected chi connectivity index (χ1v) is 22.1. The van der Waals surface area contributed by atoms with Crippen LogP contribution >= 0.6 is 23.5 Å². The van der Waals surface area contributed by atoms with Crippen LogP contribution in [0.5, 0.6) is 0 Å². The summed E-state index contributed by atoms with van der Waals surface area (Å²) in [5.41, 5.74) is 0.271. The molecule has 1 aromatic rings. The predicted octanol–water partition coefficient (Wildman–Crippen LogP) is 9.32. The molecular weight excluding hydrogens is 545 g/mol. The molecule has 218 valence electrons. The molecule has 4 nitrogen and oxygen atoms in total. The van der Waals surface area contributed by atoms with Gasteiger partial charge >= 0.3 is 0 Å². The molecule has 0 amide bonds. The van der Waals surface area contributed by atoms with Crippen LogP contribution in [0.4, 0.5) is 0 Å². The lowest BCUT2D eigenvalue weighted by atomic mass is 10.1. The van der Waals surface area contributed by atoms with Crippen LogP contribution in [0.15, 0.2) is 35.2 Å². The van der Waals surface area contributed by atoms with Crippen LogP contribution in [0, 0.1) is 0 Å². The molecule has 7 atom stereocenters. The molecule has 0 aliphatic carbocycles. The fourth-order valence-corrected chi connectivity index (χ4v) is 10.3. The molecule has 0 aromatic heterocycles. The van der Waals surface area contributed by atoms with E-state index in [1.165, 1.54) is 4.90 Å². The van der Waals surface area contributed by atoms with Crippen LogP contribution < -0.4 is 0 Å². The molecule has 2 saturated heterocycles. The Labute approximate surface area is 244 Å². The van der Waals surface area contributed by atoms with Gasteiger partial charge in [-0.1, -0.05) is 71.5 Å². The minimum absolute atomic E-state index is 0.0345. The third kappa shape index (κ3) is 8.37. The number of ether oxygens (including phenoxy) is 2. The van der Waals surface area contributed by atoms with Crippen molar-refractivity contribution >= 4 is 40.2 Å². The monoisotopic (exact) mass is 598 g/mol. The SMILES string of the molecule is C[C@@H]1O[C@@H](S[C@@H]2C[C@H](Sc3ccccc3)O[C@H](C)[C@H]2O[Si](C)(C)C(C)(C)C)CC[C@@H]1O[Si](C)(C)C(C)(C)C. The highest BCUT2D eigenvalue weighted by molar-refractivity contribution is 8.01. The van der Waals surface area contributed by atoms with E-state index in [1.54, 1.807) is 0 Å². The Hall–Kier alpha value is 0.194. The van der Waals surface area contributed by atoms with E-state index in [0.29, 0.717) is 5.25 Å². The van der Waals surface area contributed by atoms with E-state index < -0.39 is 16.6 Å². The molecule has 0 N–H and O–H groups in total. The van der Waals surface area contributed by atoms with Crippen molar-refractivity contribution in [3.8, 4) is 0 Å². The lowest BCUT2D eigenvalue weighted by molar-refractivity contribution is -0.0770. The number of rotatable bonds is 8. The summed E-state index contributed by atoms with van der Waals surface area (Å²) < 4.78 is 27.1. The summed E-state index contributed by atoms with van der Waals surface area (Å²) in [6.45, 7) is 27.7. The van der Waals surface area contributed by atoms with Crippen molar-refractivity contribution in [3.05, 3.63) is 30.3 Å². The first-order valence-electron chi connectivity index (χ1n) is 14.4. The third-order valence-electron chi connectivity index (χ3n) is 9.02. The van der Waals surface area contributed by atoms with Gasteiger partial charge in [0.15, 0.2) is 16.6 Å². The summed E-state index contributed by atoms with van der Waals surface area (Å²) in [6, 6.07) is 10.6. The number of hydrogen-bond acceptors (Lipinski definition) is 6. The lowest BCUT2D eigenvalue weighted by Crippen LogP contribution is -2.54. The Kier molecular flexibility index (Phi) is 10.8. The van der Waals surface area contributed by atoms with Gasteiger partial charge in [-0.25, -0.2) is 0 Å². The third-order valence-corrected chi connectivity index (χ3v) is 20.6. The van der Waals surface area contributed by atoms with E-state index in [1.807, 2.05) is 23.5 Å². The normalized spacial score (nSPS) is 31.8. The topological polar surface area (TPSA) is 36.9 Å². The van der Waals surface area contributed by atoms with E-state index in [2.05, 4.69) is 112 Å². The van der Waals surface area contributed by atoms with Crippen LogP contribution in [0.2, 0.25) is 36.3 Å². The van der Waals surface area contributed by atoms with Gasteiger partial charge in [0.2, 0.25) is 0 Å². The molecule has 0 spiro atoms. The smallest absolute Gasteiger partial charge is 0.192 e. The van der Waals surface area contributed by atoms with Crippen LogP contribution in [0.1, 0.15) is 74.7 Å². The first-order chi connectivity index (χ1) is 17.4. The highest BCUT2D eigenvalue weighted by Crippen LogP contribution is 2.46. The molecule has 3 rings (SSSR count). The molecule has 2 fully saturated rings. The van der Waals surface area contributed by atoms with Crippen molar-refractivity contribution in [2.24, 2.45) is 0 Å².